The highest BCUT2D eigenvalue weighted by Gasteiger charge is 2.30. The molecule has 0 saturated carbocycles. The van der Waals surface area contributed by atoms with Crippen molar-refractivity contribution in [2.45, 2.75) is 25.9 Å². The molecule has 0 bridgehead atoms. The van der Waals surface area contributed by atoms with E-state index in [0.29, 0.717) is 27.9 Å². The van der Waals surface area contributed by atoms with Gasteiger partial charge in [-0.25, -0.2) is 0 Å². The summed E-state index contributed by atoms with van der Waals surface area (Å²) in [6.45, 7) is 4.22. The first-order chi connectivity index (χ1) is 14.2. The van der Waals surface area contributed by atoms with Crippen molar-refractivity contribution in [3.63, 3.8) is 0 Å². The van der Waals surface area contributed by atoms with Gasteiger partial charge in [-0.1, -0.05) is 38.1 Å². The Bertz CT molecular complexity index is 1170. The Labute approximate surface area is 176 Å². The van der Waals surface area contributed by atoms with Crippen molar-refractivity contribution in [1.29, 1.82) is 0 Å². The quantitative estimate of drug-likeness (QED) is 0.355. The third-order valence-corrected chi connectivity index (χ3v) is 6.05. The number of phenolic OH excluding ortho intramolecular Hbond substituents is 1. The summed E-state index contributed by atoms with van der Waals surface area (Å²) < 4.78 is 45.8. The fraction of sp³-hybridized carbons (Fsp3) is 0.167. The number of hydrogen-bond acceptors (Lipinski definition) is 3. The van der Waals surface area contributed by atoms with Gasteiger partial charge in [0.05, 0.1) is 10.4 Å². The number of aromatic hydroxyl groups is 1. The fourth-order valence-corrected chi connectivity index (χ4v) is 4.37. The van der Waals surface area contributed by atoms with Crippen LogP contribution in [-0.4, -0.2) is 5.11 Å². The average Bonchev–Trinajstić information content (AvgIpc) is 3.05. The van der Waals surface area contributed by atoms with Gasteiger partial charge in [-0.3, -0.25) is 0 Å². The van der Waals surface area contributed by atoms with Gasteiger partial charge in [0.25, 0.3) is 0 Å². The summed E-state index contributed by atoms with van der Waals surface area (Å²) >= 11 is 1.37. The summed E-state index contributed by atoms with van der Waals surface area (Å²) in [6, 6.07) is 17.7. The second-order valence-corrected chi connectivity index (χ2v) is 8.39. The number of rotatable bonds is 4. The maximum Gasteiger partial charge on any atom is 0.416 e. The highest BCUT2D eigenvalue weighted by Crippen LogP contribution is 2.47. The van der Waals surface area contributed by atoms with Crippen LogP contribution in [0.25, 0.3) is 20.5 Å². The van der Waals surface area contributed by atoms with Crippen LogP contribution in [0.1, 0.15) is 30.9 Å². The van der Waals surface area contributed by atoms with Gasteiger partial charge < -0.3 is 9.84 Å². The molecular formula is C24H19F3O2S. The van der Waals surface area contributed by atoms with E-state index < -0.39 is 11.7 Å². The highest BCUT2D eigenvalue weighted by atomic mass is 32.1. The Kier molecular flexibility index (Phi) is 5.20. The van der Waals surface area contributed by atoms with Crippen LogP contribution in [0.4, 0.5) is 13.2 Å². The molecule has 1 N–H and O–H groups in total. The summed E-state index contributed by atoms with van der Waals surface area (Å²) in [5.41, 5.74) is 1.11. The van der Waals surface area contributed by atoms with E-state index in [1.807, 2.05) is 24.3 Å². The molecular weight excluding hydrogens is 409 g/mol. The Morgan fingerprint density at radius 2 is 1.57 bits per heavy atom. The second kappa shape index (κ2) is 7.69. The third kappa shape index (κ3) is 4.00. The van der Waals surface area contributed by atoms with Gasteiger partial charge in [-0.2, -0.15) is 13.2 Å². The van der Waals surface area contributed by atoms with Crippen molar-refractivity contribution in [1.82, 2.24) is 0 Å². The van der Waals surface area contributed by atoms with Crippen LogP contribution in [0.2, 0.25) is 0 Å². The molecule has 0 spiro atoms. The van der Waals surface area contributed by atoms with Gasteiger partial charge in [-0.15, -0.1) is 11.3 Å². The van der Waals surface area contributed by atoms with Gasteiger partial charge in [-0.05, 0) is 59.5 Å². The first kappa shape index (κ1) is 20.3. The van der Waals surface area contributed by atoms with E-state index in [2.05, 4.69) is 13.8 Å². The van der Waals surface area contributed by atoms with Crippen LogP contribution < -0.4 is 4.74 Å². The minimum absolute atomic E-state index is 0.121. The smallest absolute Gasteiger partial charge is 0.416 e. The summed E-state index contributed by atoms with van der Waals surface area (Å²) in [5.74, 6) is 1.72. The van der Waals surface area contributed by atoms with E-state index in [9.17, 15) is 18.3 Å². The summed E-state index contributed by atoms with van der Waals surface area (Å²) in [7, 11) is 0. The standard InChI is InChI=1S/C24H19F3O2S/c1-14(2)15-5-10-19(11-6-15)29-22-20-12-9-18(28)13-21(20)30-23(22)16-3-7-17(8-4-16)24(25,26)27/h3-14,28H,1-2H3. The number of halogens is 3. The molecule has 0 aliphatic rings. The SMILES string of the molecule is CC(C)c1ccc(Oc2c(-c3ccc(C(F)(F)F)cc3)sc3cc(O)ccc23)cc1. The minimum Gasteiger partial charge on any atom is -0.508 e. The predicted molar refractivity (Wildman–Crippen MR) is 115 cm³/mol. The molecule has 0 fully saturated rings. The molecule has 4 aromatic rings. The second-order valence-electron chi connectivity index (χ2n) is 7.34. The molecule has 1 aromatic heterocycles. The van der Waals surface area contributed by atoms with E-state index in [4.69, 9.17) is 4.74 Å². The molecule has 0 unspecified atom stereocenters. The van der Waals surface area contributed by atoms with Crippen LogP contribution >= 0.6 is 11.3 Å². The summed E-state index contributed by atoms with van der Waals surface area (Å²) in [4.78, 5) is 0.706. The summed E-state index contributed by atoms with van der Waals surface area (Å²) in [5, 5.41) is 10.6. The van der Waals surface area contributed by atoms with Crippen LogP contribution in [0, 0.1) is 0 Å². The Morgan fingerprint density at radius 1 is 0.900 bits per heavy atom. The van der Waals surface area contributed by atoms with Crippen LogP contribution in [-0.2, 0) is 6.18 Å². The number of ether oxygens (including phenoxy) is 1. The molecule has 0 saturated heterocycles. The normalized spacial score (nSPS) is 11.9. The maximum absolute atomic E-state index is 12.9. The topological polar surface area (TPSA) is 29.5 Å². The molecule has 154 valence electrons. The molecule has 3 aromatic carbocycles. The highest BCUT2D eigenvalue weighted by molar-refractivity contribution is 7.22. The zero-order valence-electron chi connectivity index (χ0n) is 16.3. The van der Waals surface area contributed by atoms with Crippen molar-refractivity contribution < 1.29 is 23.0 Å². The number of alkyl halides is 3. The predicted octanol–water partition coefficient (Wildman–Crippen LogP) is 8.21. The van der Waals surface area contributed by atoms with Gasteiger partial charge in [0, 0.05) is 10.1 Å². The number of hydrogen-bond donors (Lipinski definition) is 1. The van der Waals surface area contributed by atoms with E-state index in [1.165, 1.54) is 29.0 Å². The van der Waals surface area contributed by atoms with Crippen LogP contribution in [0.15, 0.2) is 66.7 Å². The van der Waals surface area contributed by atoms with Crippen molar-refractivity contribution >= 4 is 21.4 Å². The third-order valence-electron chi connectivity index (χ3n) is 4.87. The number of phenols is 1. The lowest BCUT2D eigenvalue weighted by molar-refractivity contribution is -0.137. The van der Waals surface area contributed by atoms with E-state index in [0.717, 1.165) is 22.2 Å². The lowest BCUT2D eigenvalue weighted by Crippen LogP contribution is -2.03. The molecule has 30 heavy (non-hydrogen) atoms. The van der Waals surface area contributed by atoms with Crippen LogP contribution in [0.5, 0.6) is 17.2 Å². The Balaban J connectivity index is 1.79. The molecule has 2 nitrogen and oxygen atoms in total. The minimum atomic E-state index is -4.39. The molecule has 0 aliphatic carbocycles. The van der Waals surface area contributed by atoms with Crippen molar-refractivity contribution in [2.75, 3.05) is 0 Å². The lowest BCUT2D eigenvalue weighted by atomic mass is 10.0. The summed E-state index contributed by atoms with van der Waals surface area (Å²) in [6.07, 6.45) is -4.39. The lowest BCUT2D eigenvalue weighted by Gasteiger charge is -2.11. The molecule has 0 aliphatic heterocycles. The van der Waals surface area contributed by atoms with Gasteiger partial charge in [0.2, 0.25) is 0 Å². The van der Waals surface area contributed by atoms with E-state index in [-0.39, 0.29) is 5.75 Å². The van der Waals surface area contributed by atoms with Gasteiger partial charge >= 0.3 is 6.18 Å². The van der Waals surface area contributed by atoms with Gasteiger partial charge in [0.1, 0.15) is 11.5 Å². The largest absolute Gasteiger partial charge is 0.508 e. The van der Waals surface area contributed by atoms with E-state index in [1.54, 1.807) is 18.2 Å². The molecule has 0 radical (unpaired) electrons. The molecule has 0 atom stereocenters. The zero-order chi connectivity index (χ0) is 21.5. The van der Waals surface area contributed by atoms with Crippen molar-refractivity contribution in [3.05, 3.63) is 77.9 Å². The van der Waals surface area contributed by atoms with Gasteiger partial charge in [0.15, 0.2) is 5.75 Å². The molecule has 4 rings (SSSR count). The average molecular weight is 428 g/mol. The number of benzene rings is 3. The number of thiophene rings is 1. The Hall–Kier alpha value is -2.99. The van der Waals surface area contributed by atoms with E-state index >= 15 is 0 Å². The van der Waals surface area contributed by atoms with Crippen molar-refractivity contribution in [2.24, 2.45) is 0 Å². The monoisotopic (exact) mass is 428 g/mol. The Morgan fingerprint density at radius 3 is 2.17 bits per heavy atom. The number of fused-ring (bicyclic) bond motifs is 1. The fourth-order valence-electron chi connectivity index (χ4n) is 3.20. The maximum atomic E-state index is 12.9. The zero-order valence-corrected chi connectivity index (χ0v) is 17.1. The molecule has 0 amide bonds. The first-order valence-electron chi connectivity index (χ1n) is 9.43. The van der Waals surface area contributed by atoms with Crippen LogP contribution in [0.3, 0.4) is 0 Å². The molecule has 1 heterocycles. The molecule has 6 heteroatoms. The first-order valence-corrected chi connectivity index (χ1v) is 10.2. The van der Waals surface area contributed by atoms with Crippen molar-refractivity contribution in [3.8, 4) is 27.7 Å².